The second-order valence-corrected chi connectivity index (χ2v) is 7.62. The number of aromatic nitrogens is 2. The van der Waals surface area contributed by atoms with Crippen LogP contribution in [0.25, 0.3) is 21.9 Å². The molecule has 0 fully saturated rings. The molecule has 7 nitrogen and oxygen atoms in total. The zero-order chi connectivity index (χ0) is 22.4. The van der Waals surface area contributed by atoms with Gasteiger partial charge >= 0.3 is 0 Å². The van der Waals surface area contributed by atoms with E-state index in [1.54, 1.807) is 18.2 Å². The van der Waals surface area contributed by atoms with Gasteiger partial charge in [-0.25, -0.2) is 4.39 Å². The summed E-state index contributed by atoms with van der Waals surface area (Å²) in [4.78, 5) is 23.9. The predicted octanol–water partition coefficient (Wildman–Crippen LogP) is 4.18. The van der Waals surface area contributed by atoms with Gasteiger partial charge in [0.25, 0.3) is 5.91 Å². The summed E-state index contributed by atoms with van der Waals surface area (Å²) in [5.41, 5.74) is 7.52. The van der Waals surface area contributed by atoms with Crippen molar-refractivity contribution in [2.24, 2.45) is 5.73 Å². The molecule has 1 aromatic heterocycles. The number of carbonyl (C=O) groups is 2. The number of carbonyl (C=O) groups excluding carboxylic acids is 2. The molecule has 32 heavy (non-hydrogen) atoms. The first-order chi connectivity index (χ1) is 15.4. The van der Waals surface area contributed by atoms with Crippen LogP contribution >= 0.6 is 11.6 Å². The SMILES string of the molecule is NC(=O)c1ccc(-c2ccc(Nc3nnc(Cl)c4ccccc34)cc2F)c2c1C(=O)NC2. The molecular weight excluding hydrogens is 433 g/mol. The number of nitrogens with one attached hydrogen (secondary N) is 2. The first kappa shape index (κ1) is 19.9. The van der Waals surface area contributed by atoms with Gasteiger partial charge in [-0.2, -0.15) is 0 Å². The maximum Gasteiger partial charge on any atom is 0.252 e. The third-order valence-corrected chi connectivity index (χ3v) is 5.67. The van der Waals surface area contributed by atoms with Gasteiger partial charge in [0.1, 0.15) is 5.82 Å². The molecule has 0 aliphatic carbocycles. The highest BCUT2D eigenvalue weighted by molar-refractivity contribution is 6.34. The largest absolute Gasteiger partial charge is 0.366 e. The van der Waals surface area contributed by atoms with Gasteiger partial charge in [-0.1, -0.05) is 41.9 Å². The summed E-state index contributed by atoms with van der Waals surface area (Å²) in [5, 5.41) is 15.5. The molecule has 3 aromatic carbocycles. The minimum atomic E-state index is -0.707. The van der Waals surface area contributed by atoms with Crippen LogP contribution in [0.15, 0.2) is 54.6 Å². The monoisotopic (exact) mass is 447 g/mol. The number of amides is 2. The zero-order valence-corrected chi connectivity index (χ0v) is 17.2. The average molecular weight is 448 g/mol. The molecule has 4 N–H and O–H groups in total. The lowest BCUT2D eigenvalue weighted by atomic mass is 9.92. The van der Waals surface area contributed by atoms with E-state index in [0.717, 1.165) is 10.8 Å². The third-order valence-electron chi connectivity index (χ3n) is 5.40. The number of anilines is 2. The zero-order valence-electron chi connectivity index (χ0n) is 16.4. The number of hydrogen-bond acceptors (Lipinski definition) is 5. The van der Waals surface area contributed by atoms with Crippen LogP contribution in [0.1, 0.15) is 26.3 Å². The van der Waals surface area contributed by atoms with Crippen molar-refractivity contribution in [2.45, 2.75) is 6.54 Å². The minimum absolute atomic E-state index is 0.116. The third kappa shape index (κ3) is 3.21. The number of primary amides is 1. The van der Waals surface area contributed by atoms with E-state index >= 15 is 4.39 Å². The van der Waals surface area contributed by atoms with E-state index in [9.17, 15) is 9.59 Å². The Morgan fingerprint density at radius 1 is 1.06 bits per heavy atom. The van der Waals surface area contributed by atoms with E-state index in [1.165, 1.54) is 12.1 Å². The highest BCUT2D eigenvalue weighted by Gasteiger charge is 2.28. The molecule has 0 radical (unpaired) electrons. The molecule has 2 amide bonds. The Balaban J connectivity index is 1.54. The average Bonchev–Trinajstić information content (AvgIpc) is 3.17. The molecule has 0 saturated heterocycles. The Kier molecular flexibility index (Phi) is 4.71. The maximum atomic E-state index is 15.1. The van der Waals surface area contributed by atoms with Crippen LogP contribution in [0, 0.1) is 5.82 Å². The standard InChI is InChI=1S/C23H15ClFN5O2/c24-20-14-3-1-2-4-15(14)22(30-29-20)28-11-5-6-13(18(25)9-11)12-7-8-16(21(26)31)19-17(12)10-27-23(19)32/h1-9H,10H2,(H2,26,31)(H,27,32)(H,28,30). The maximum absolute atomic E-state index is 15.1. The molecule has 1 aliphatic rings. The van der Waals surface area contributed by atoms with Gasteiger partial charge in [0.05, 0.1) is 11.1 Å². The molecule has 0 spiro atoms. The summed E-state index contributed by atoms with van der Waals surface area (Å²) in [6.07, 6.45) is 0. The van der Waals surface area contributed by atoms with Crippen molar-refractivity contribution < 1.29 is 14.0 Å². The highest BCUT2D eigenvalue weighted by atomic mass is 35.5. The van der Waals surface area contributed by atoms with Gasteiger partial charge < -0.3 is 16.4 Å². The fourth-order valence-corrected chi connectivity index (χ4v) is 4.12. The molecule has 1 aliphatic heterocycles. The van der Waals surface area contributed by atoms with E-state index in [0.29, 0.717) is 28.2 Å². The first-order valence-electron chi connectivity index (χ1n) is 9.66. The quantitative estimate of drug-likeness (QED) is 0.435. The van der Waals surface area contributed by atoms with E-state index < -0.39 is 17.6 Å². The normalized spacial score (nSPS) is 12.5. The summed E-state index contributed by atoms with van der Waals surface area (Å²) in [6.45, 7) is 0.191. The van der Waals surface area contributed by atoms with Crippen LogP contribution in [0.3, 0.4) is 0 Å². The van der Waals surface area contributed by atoms with Crippen molar-refractivity contribution in [1.82, 2.24) is 15.5 Å². The lowest BCUT2D eigenvalue weighted by Gasteiger charge is -2.13. The number of nitrogens with two attached hydrogens (primary N) is 1. The lowest BCUT2D eigenvalue weighted by Crippen LogP contribution is -2.19. The summed E-state index contributed by atoms with van der Waals surface area (Å²) in [6, 6.07) is 15.0. The number of fused-ring (bicyclic) bond motifs is 2. The highest BCUT2D eigenvalue weighted by Crippen LogP contribution is 2.35. The smallest absolute Gasteiger partial charge is 0.252 e. The van der Waals surface area contributed by atoms with Crippen molar-refractivity contribution in [3.8, 4) is 11.1 Å². The Labute approximate surface area is 186 Å². The predicted molar refractivity (Wildman–Crippen MR) is 119 cm³/mol. The van der Waals surface area contributed by atoms with Crippen molar-refractivity contribution >= 4 is 45.7 Å². The van der Waals surface area contributed by atoms with E-state index in [2.05, 4.69) is 20.8 Å². The molecule has 0 saturated carbocycles. The Morgan fingerprint density at radius 2 is 1.81 bits per heavy atom. The number of benzene rings is 3. The van der Waals surface area contributed by atoms with Crippen molar-refractivity contribution in [2.75, 3.05) is 5.32 Å². The van der Waals surface area contributed by atoms with Gasteiger partial charge in [-0.05, 0) is 35.4 Å². The van der Waals surface area contributed by atoms with E-state index in [1.807, 2.05) is 24.3 Å². The van der Waals surface area contributed by atoms with E-state index in [-0.39, 0.29) is 22.8 Å². The second kappa shape index (κ2) is 7.58. The van der Waals surface area contributed by atoms with Crippen molar-refractivity contribution in [3.05, 3.63) is 82.3 Å². The topological polar surface area (TPSA) is 110 Å². The van der Waals surface area contributed by atoms with Gasteiger partial charge in [-0.3, -0.25) is 9.59 Å². The van der Waals surface area contributed by atoms with Crippen molar-refractivity contribution in [3.63, 3.8) is 0 Å². The van der Waals surface area contributed by atoms with Gasteiger partial charge in [0.2, 0.25) is 5.91 Å². The molecule has 4 aromatic rings. The Hall–Kier alpha value is -4.04. The van der Waals surface area contributed by atoms with Gasteiger partial charge in [-0.15, -0.1) is 10.2 Å². The molecule has 0 atom stereocenters. The van der Waals surface area contributed by atoms with Gasteiger partial charge in [0, 0.05) is 28.6 Å². The van der Waals surface area contributed by atoms with Crippen LogP contribution < -0.4 is 16.4 Å². The minimum Gasteiger partial charge on any atom is -0.366 e. The Morgan fingerprint density at radius 3 is 2.56 bits per heavy atom. The van der Waals surface area contributed by atoms with Crippen LogP contribution in [-0.2, 0) is 6.54 Å². The van der Waals surface area contributed by atoms with Crippen LogP contribution in [0.4, 0.5) is 15.9 Å². The van der Waals surface area contributed by atoms with Crippen LogP contribution in [-0.4, -0.2) is 22.0 Å². The first-order valence-corrected chi connectivity index (χ1v) is 10.0. The van der Waals surface area contributed by atoms with E-state index in [4.69, 9.17) is 17.3 Å². The molecule has 158 valence electrons. The molecule has 0 unspecified atom stereocenters. The molecule has 9 heteroatoms. The fourth-order valence-electron chi connectivity index (χ4n) is 3.92. The summed E-state index contributed by atoms with van der Waals surface area (Å²) in [5.74, 6) is -1.17. The van der Waals surface area contributed by atoms with Crippen LogP contribution in [0.5, 0.6) is 0 Å². The molecule has 2 heterocycles. The molecular formula is C23H15ClFN5O2. The van der Waals surface area contributed by atoms with Crippen LogP contribution in [0.2, 0.25) is 5.15 Å². The molecule has 0 bridgehead atoms. The molecule has 5 rings (SSSR count). The van der Waals surface area contributed by atoms with Crippen molar-refractivity contribution in [1.29, 1.82) is 0 Å². The summed E-state index contributed by atoms with van der Waals surface area (Å²) < 4.78 is 15.1. The summed E-state index contributed by atoms with van der Waals surface area (Å²) >= 11 is 6.11. The summed E-state index contributed by atoms with van der Waals surface area (Å²) in [7, 11) is 0. The van der Waals surface area contributed by atoms with Gasteiger partial charge in [0.15, 0.2) is 11.0 Å². The number of rotatable bonds is 4. The Bertz CT molecular complexity index is 1440. The second-order valence-electron chi connectivity index (χ2n) is 7.27. The fraction of sp³-hybridized carbons (Fsp3) is 0.0435. The lowest BCUT2D eigenvalue weighted by molar-refractivity contribution is 0.0947. The number of halogens is 2. The number of nitrogens with zero attached hydrogens (tertiary/aromatic N) is 2. The number of hydrogen-bond donors (Lipinski definition) is 3.